The van der Waals surface area contributed by atoms with Crippen molar-refractivity contribution in [2.24, 2.45) is 5.84 Å². The number of hydrogen-bond donors (Lipinski definition) is 1. The van der Waals surface area contributed by atoms with Crippen LogP contribution >= 0.6 is 0 Å². The van der Waals surface area contributed by atoms with Crippen LogP contribution in [0.5, 0.6) is 0 Å². The molecule has 1 aromatic carbocycles. The van der Waals surface area contributed by atoms with E-state index >= 15 is 0 Å². The number of rotatable bonds is 0. The molecule has 0 saturated carbocycles. The van der Waals surface area contributed by atoms with Gasteiger partial charge in [-0.3, -0.25) is 9.59 Å². The van der Waals surface area contributed by atoms with Crippen molar-refractivity contribution in [2.75, 3.05) is 0 Å². The van der Waals surface area contributed by atoms with Gasteiger partial charge >= 0.3 is 0 Å². The molecule has 1 aliphatic rings. The molecule has 2 N–H and O–H groups in total. The van der Waals surface area contributed by atoms with E-state index in [1.54, 1.807) is 25.1 Å². The average Bonchev–Trinajstić information content (AvgIpc) is 2.48. The fourth-order valence-electron chi connectivity index (χ4n) is 1.47. The smallest absolute Gasteiger partial charge is 0.267 e. The Morgan fingerprint density at radius 1 is 1.13 bits per heavy atom. The number of nitrogens with zero attached hydrogens (tertiary/aromatic N) is 1. The first-order valence-electron chi connectivity index (χ1n) is 4.86. The van der Waals surface area contributed by atoms with Crippen LogP contribution in [0, 0.1) is 6.92 Å². The molecule has 0 fully saturated rings. The molecule has 15 heavy (non-hydrogen) atoms. The summed E-state index contributed by atoms with van der Waals surface area (Å²) in [5.74, 6) is 4.43. The first-order chi connectivity index (χ1) is 7.13. The number of hydrazine groups is 1. The highest BCUT2D eigenvalue weighted by molar-refractivity contribution is 6.21. The Balaban J connectivity index is 0.000000531. The van der Waals surface area contributed by atoms with Crippen LogP contribution < -0.4 is 5.84 Å². The van der Waals surface area contributed by atoms with Gasteiger partial charge in [-0.1, -0.05) is 26.0 Å². The molecule has 0 unspecified atom stereocenters. The maximum Gasteiger partial charge on any atom is 0.276 e. The largest absolute Gasteiger partial charge is 0.276 e. The third kappa shape index (κ3) is 1.64. The predicted octanol–water partition coefficient (Wildman–Crippen LogP) is 1.49. The molecule has 2 amide bonds. The highest BCUT2D eigenvalue weighted by atomic mass is 16.2. The van der Waals surface area contributed by atoms with Gasteiger partial charge in [-0.25, -0.2) is 10.9 Å². The van der Waals surface area contributed by atoms with Crippen molar-refractivity contribution >= 4 is 11.8 Å². The van der Waals surface area contributed by atoms with E-state index in [0.717, 1.165) is 5.56 Å². The second-order valence-corrected chi connectivity index (χ2v) is 2.98. The molecule has 0 radical (unpaired) electrons. The lowest BCUT2D eigenvalue weighted by atomic mass is 10.0. The van der Waals surface area contributed by atoms with Crippen molar-refractivity contribution in [1.29, 1.82) is 0 Å². The summed E-state index contributed by atoms with van der Waals surface area (Å²) in [6.45, 7) is 5.78. The van der Waals surface area contributed by atoms with Gasteiger partial charge in [-0.2, -0.15) is 0 Å². The summed E-state index contributed by atoms with van der Waals surface area (Å²) in [5, 5.41) is 0.650. The maximum atomic E-state index is 11.4. The molecule has 1 aliphatic heterocycles. The van der Waals surface area contributed by atoms with E-state index in [0.29, 0.717) is 16.1 Å². The number of nitrogens with two attached hydrogens (primary N) is 1. The van der Waals surface area contributed by atoms with E-state index in [2.05, 4.69) is 0 Å². The van der Waals surface area contributed by atoms with Crippen LogP contribution in [0.1, 0.15) is 40.1 Å². The molecule has 0 aromatic heterocycles. The van der Waals surface area contributed by atoms with Crippen molar-refractivity contribution in [3.05, 3.63) is 34.9 Å². The van der Waals surface area contributed by atoms with Gasteiger partial charge in [0.15, 0.2) is 0 Å². The average molecular weight is 206 g/mol. The van der Waals surface area contributed by atoms with Crippen LogP contribution in [0.2, 0.25) is 0 Å². The molecule has 2 rings (SSSR count). The van der Waals surface area contributed by atoms with Crippen molar-refractivity contribution in [3.63, 3.8) is 0 Å². The lowest BCUT2D eigenvalue weighted by Crippen LogP contribution is -2.36. The predicted molar refractivity (Wildman–Crippen MR) is 57.2 cm³/mol. The molecule has 4 nitrogen and oxygen atoms in total. The Bertz CT molecular complexity index is 413. The quantitative estimate of drug-likeness (QED) is 0.397. The van der Waals surface area contributed by atoms with Crippen LogP contribution in [-0.4, -0.2) is 16.8 Å². The van der Waals surface area contributed by atoms with Gasteiger partial charge < -0.3 is 0 Å². The number of carbonyl (C=O) groups excluding carboxylic acids is 2. The summed E-state index contributed by atoms with van der Waals surface area (Å²) >= 11 is 0. The van der Waals surface area contributed by atoms with E-state index in [-0.39, 0.29) is 0 Å². The summed E-state index contributed by atoms with van der Waals surface area (Å²) in [5.41, 5.74) is 1.60. The fraction of sp³-hybridized carbons (Fsp3) is 0.273. The second kappa shape index (κ2) is 4.23. The van der Waals surface area contributed by atoms with Gasteiger partial charge in [0.25, 0.3) is 11.8 Å². The summed E-state index contributed by atoms with van der Waals surface area (Å²) in [7, 11) is 0. The monoisotopic (exact) mass is 206 g/mol. The van der Waals surface area contributed by atoms with Crippen LogP contribution in [0.15, 0.2) is 18.2 Å². The van der Waals surface area contributed by atoms with Crippen LogP contribution in [0.4, 0.5) is 0 Å². The number of hydrogen-bond acceptors (Lipinski definition) is 3. The van der Waals surface area contributed by atoms with E-state index in [4.69, 9.17) is 5.84 Å². The molecular formula is C11H14N2O2. The zero-order valence-electron chi connectivity index (χ0n) is 9.07. The summed E-state index contributed by atoms with van der Waals surface area (Å²) in [4.78, 5) is 22.7. The minimum absolute atomic E-state index is 0.396. The lowest BCUT2D eigenvalue weighted by molar-refractivity contribution is 0.0653. The van der Waals surface area contributed by atoms with Crippen LogP contribution in [0.3, 0.4) is 0 Å². The number of fused-ring (bicyclic) bond motifs is 1. The molecular weight excluding hydrogens is 192 g/mol. The van der Waals surface area contributed by atoms with Gasteiger partial charge in [0, 0.05) is 0 Å². The summed E-state index contributed by atoms with van der Waals surface area (Å²) in [6, 6.07) is 5.12. The molecule has 0 aliphatic carbocycles. The van der Waals surface area contributed by atoms with Crippen molar-refractivity contribution in [1.82, 2.24) is 5.01 Å². The van der Waals surface area contributed by atoms with Gasteiger partial charge in [0.1, 0.15) is 0 Å². The van der Waals surface area contributed by atoms with Crippen molar-refractivity contribution in [2.45, 2.75) is 20.8 Å². The SMILES string of the molecule is CC.Cc1cccc2c1C(=O)N(N)C2=O. The molecule has 1 heterocycles. The third-order valence-corrected chi connectivity index (χ3v) is 2.15. The fourth-order valence-corrected chi connectivity index (χ4v) is 1.47. The number of imide groups is 1. The Labute approximate surface area is 88.6 Å². The number of amides is 2. The maximum absolute atomic E-state index is 11.4. The zero-order valence-corrected chi connectivity index (χ0v) is 9.07. The van der Waals surface area contributed by atoms with Gasteiger partial charge in [0.05, 0.1) is 11.1 Å². The third-order valence-electron chi connectivity index (χ3n) is 2.15. The highest BCUT2D eigenvalue weighted by Crippen LogP contribution is 2.22. The second-order valence-electron chi connectivity index (χ2n) is 2.98. The van der Waals surface area contributed by atoms with Crippen LogP contribution in [-0.2, 0) is 0 Å². The Hall–Kier alpha value is -1.68. The Morgan fingerprint density at radius 3 is 2.27 bits per heavy atom. The van der Waals surface area contributed by atoms with E-state index in [1.807, 2.05) is 13.8 Å². The Kier molecular flexibility index (Phi) is 3.21. The number of aryl methyl sites for hydroxylation is 1. The van der Waals surface area contributed by atoms with E-state index in [9.17, 15) is 9.59 Å². The van der Waals surface area contributed by atoms with Gasteiger partial charge in [-0.15, -0.1) is 0 Å². The molecule has 0 saturated heterocycles. The topological polar surface area (TPSA) is 63.4 Å². The Morgan fingerprint density at radius 2 is 1.73 bits per heavy atom. The summed E-state index contributed by atoms with van der Waals surface area (Å²) < 4.78 is 0. The van der Waals surface area contributed by atoms with E-state index < -0.39 is 11.8 Å². The molecule has 0 atom stereocenters. The lowest BCUT2D eigenvalue weighted by Gasteiger charge is -2.02. The minimum Gasteiger partial charge on any atom is -0.267 e. The first-order valence-corrected chi connectivity index (χ1v) is 4.86. The number of benzene rings is 1. The molecule has 4 heteroatoms. The zero-order chi connectivity index (χ0) is 11.6. The molecule has 80 valence electrons. The van der Waals surface area contributed by atoms with Gasteiger partial charge in [0.2, 0.25) is 0 Å². The normalized spacial score (nSPS) is 13.5. The van der Waals surface area contributed by atoms with Crippen molar-refractivity contribution in [3.8, 4) is 0 Å². The highest BCUT2D eigenvalue weighted by Gasteiger charge is 2.34. The summed E-state index contributed by atoms with van der Waals surface area (Å²) in [6.07, 6.45) is 0. The van der Waals surface area contributed by atoms with E-state index in [1.165, 1.54) is 0 Å². The van der Waals surface area contributed by atoms with Gasteiger partial charge in [-0.05, 0) is 18.6 Å². The molecule has 0 bridgehead atoms. The minimum atomic E-state index is -0.427. The van der Waals surface area contributed by atoms with Crippen LogP contribution in [0.25, 0.3) is 0 Å². The van der Waals surface area contributed by atoms with Crippen molar-refractivity contribution < 1.29 is 9.59 Å². The number of carbonyl (C=O) groups is 2. The molecule has 0 spiro atoms. The molecule has 1 aromatic rings. The first kappa shape index (κ1) is 11.4. The standard InChI is InChI=1S/C9H8N2O2.C2H6/c1-5-3-2-4-6-7(5)9(13)11(10)8(6)12;1-2/h2-4H,10H2,1H3;1-2H3.